The van der Waals surface area contributed by atoms with Crippen LogP contribution in [0.5, 0.6) is 0 Å². The molecule has 0 aliphatic heterocycles. The van der Waals surface area contributed by atoms with Gasteiger partial charge in [0.15, 0.2) is 0 Å². The minimum Gasteiger partial charge on any atom is -0.396 e. The lowest BCUT2D eigenvalue weighted by atomic mass is 10.2. The van der Waals surface area contributed by atoms with Crippen molar-refractivity contribution >= 4 is 0 Å². The van der Waals surface area contributed by atoms with Crippen LogP contribution in [0.25, 0.3) is 0 Å². The summed E-state index contributed by atoms with van der Waals surface area (Å²) in [6, 6.07) is 0.775. The van der Waals surface area contributed by atoms with Gasteiger partial charge >= 0.3 is 0 Å². The first-order chi connectivity index (χ1) is 6.88. The van der Waals surface area contributed by atoms with Gasteiger partial charge < -0.3 is 10.8 Å². The molecule has 84 valence electrons. The summed E-state index contributed by atoms with van der Waals surface area (Å²) in [4.78, 5) is 2.52. The van der Waals surface area contributed by atoms with E-state index < -0.39 is 0 Å². The normalized spacial score (nSPS) is 18.2. The van der Waals surface area contributed by atoms with E-state index in [-0.39, 0.29) is 0 Å². The molecule has 0 radical (unpaired) electrons. The van der Waals surface area contributed by atoms with Crippen LogP contribution >= 0.6 is 0 Å². The zero-order valence-electron chi connectivity index (χ0n) is 9.12. The Bertz CT molecular complexity index is 135. The second kappa shape index (κ2) is 7.21. The Hall–Kier alpha value is -0.120. The fraction of sp³-hybridized carbons (Fsp3) is 1.00. The summed E-state index contributed by atoms with van der Waals surface area (Å²) < 4.78 is 0. The molecule has 0 atom stereocenters. The molecule has 0 heterocycles. The lowest BCUT2D eigenvalue weighted by Gasteiger charge is -2.28. The van der Waals surface area contributed by atoms with Crippen LogP contribution in [-0.2, 0) is 0 Å². The van der Waals surface area contributed by atoms with E-state index in [2.05, 4.69) is 4.90 Å². The highest BCUT2D eigenvalue weighted by molar-refractivity contribution is 4.77. The summed E-state index contributed by atoms with van der Waals surface area (Å²) >= 11 is 0. The number of hydrogen-bond donors (Lipinski definition) is 2. The molecule has 0 aromatic carbocycles. The topological polar surface area (TPSA) is 49.5 Å². The van der Waals surface area contributed by atoms with Gasteiger partial charge in [-0.2, -0.15) is 0 Å². The van der Waals surface area contributed by atoms with Crippen LogP contribution < -0.4 is 5.73 Å². The summed E-state index contributed by atoms with van der Waals surface area (Å²) in [5.41, 5.74) is 5.61. The SMILES string of the molecule is NCCN(CCCCO)C1CCCC1. The highest BCUT2D eigenvalue weighted by atomic mass is 16.2. The molecule has 0 spiro atoms. The Morgan fingerprint density at radius 2 is 1.86 bits per heavy atom. The Morgan fingerprint density at radius 1 is 1.14 bits per heavy atom. The maximum atomic E-state index is 8.73. The molecule has 0 amide bonds. The van der Waals surface area contributed by atoms with Crippen LogP contribution in [-0.4, -0.2) is 42.3 Å². The minimum atomic E-state index is 0.321. The van der Waals surface area contributed by atoms with Crippen LogP contribution in [0.1, 0.15) is 38.5 Å². The highest BCUT2D eigenvalue weighted by Crippen LogP contribution is 2.23. The smallest absolute Gasteiger partial charge is 0.0431 e. The Labute approximate surface area is 87.3 Å². The van der Waals surface area contributed by atoms with Gasteiger partial charge in [-0.1, -0.05) is 12.8 Å². The van der Waals surface area contributed by atoms with Crippen molar-refractivity contribution in [1.29, 1.82) is 0 Å². The van der Waals surface area contributed by atoms with Crippen LogP contribution in [0, 0.1) is 0 Å². The lowest BCUT2D eigenvalue weighted by Crippen LogP contribution is -2.38. The van der Waals surface area contributed by atoms with Gasteiger partial charge in [0.25, 0.3) is 0 Å². The van der Waals surface area contributed by atoms with E-state index >= 15 is 0 Å². The average molecular weight is 200 g/mol. The second-order valence-corrected chi connectivity index (χ2v) is 4.19. The zero-order valence-corrected chi connectivity index (χ0v) is 9.12. The maximum absolute atomic E-state index is 8.73. The van der Waals surface area contributed by atoms with E-state index in [4.69, 9.17) is 10.8 Å². The van der Waals surface area contributed by atoms with Gasteiger partial charge in [0.2, 0.25) is 0 Å². The zero-order chi connectivity index (χ0) is 10.2. The minimum absolute atomic E-state index is 0.321. The van der Waals surface area contributed by atoms with Crippen molar-refractivity contribution in [1.82, 2.24) is 4.90 Å². The summed E-state index contributed by atoms with van der Waals surface area (Å²) in [7, 11) is 0. The molecule has 0 aromatic heterocycles. The van der Waals surface area contributed by atoms with Gasteiger partial charge in [0, 0.05) is 25.7 Å². The predicted octanol–water partition coefficient (Wildman–Crippen LogP) is 0.962. The van der Waals surface area contributed by atoms with Gasteiger partial charge in [0.1, 0.15) is 0 Å². The van der Waals surface area contributed by atoms with Gasteiger partial charge in [-0.15, -0.1) is 0 Å². The van der Waals surface area contributed by atoms with E-state index in [9.17, 15) is 0 Å². The van der Waals surface area contributed by atoms with E-state index in [0.717, 1.165) is 38.5 Å². The Kier molecular flexibility index (Phi) is 6.15. The molecule has 3 N–H and O–H groups in total. The van der Waals surface area contributed by atoms with Crippen molar-refractivity contribution < 1.29 is 5.11 Å². The third-order valence-corrected chi connectivity index (χ3v) is 3.11. The fourth-order valence-electron chi connectivity index (χ4n) is 2.34. The number of aliphatic hydroxyl groups excluding tert-OH is 1. The molecule has 1 aliphatic rings. The van der Waals surface area contributed by atoms with Crippen molar-refractivity contribution in [3.8, 4) is 0 Å². The summed E-state index contributed by atoms with van der Waals surface area (Å²) in [6.07, 6.45) is 7.48. The number of nitrogens with zero attached hydrogens (tertiary/aromatic N) is 1. The van der Waals surface area contributed by atoms with Gasteiger partial charge in [0.05, 0.1) is 0 Å². The molecule has 1 rings (SSSR count). The summed E-state index contributed by atoms with van der Waals surface area (Å²) in [6.45, 7) is 3.22. The van der Waals surface area contributed by atoms with Gasteiger partial charge in [-0.25, -0.2) is 0 Å². The van der Waals surface area contributed by atoms with E-state index in [1.165, 1.54) is 25.7 Å². The first kappa shape index (κ1) is 12.0. The summed E-state index contributed by atoms with van der Waals surface area (Å²) in [5, 5.41) is 8.73. The molecule has 3 heteroatoms. The number of aliphatic hydroxyl groups is 1. The Balaban J connectivity index is 2.22. The van der Waals surface area contributed by atoms with Crippen LogP contribution in [0.15, 0.2) is 0 Å². The Morgan fingerprint density at radius 3 is 2.43 bits per heavy atom. The van der Waals surface area contributed by atoms with Crippen LogP contribution in [0.2, 0.25) is 0 Å². The molecular weight excluding hydrogens is 176 g/mol. The quantitative estimate of drug-likeness (QED) is 0.602. The first-order valence-electron chi connectivity index (χ1n) is 5.93. The van der Waals surface area contributed by atoms with Gasteiger partial charge in [-0.3, -0.25) is 4.90 Å². The lowest BCUT2D eigenvalue weighted by molar-refractivity contribution is 0.191. The molecule has 1 saturated carbocycles. The van der Waals surface area contributed by atoms with E-state index in [1.807, 2.05) is 0 Å². The average Bonchev–Trinajstić information content (AvgIpc) is 2.70. The van der Waals surface area contributed by atoms with Crippen molar-refractivity contribution in [2.75, 3.05) is 26.2 Å². The second-order valence-electron chi connectivity index (χ2n) is 4.19. The van der Waals surface area contributed by atoms with Crippen LogP contribution in [0.4, 0.5) is 0 Å². The molecule has 3 nitrogen and oxygen atoms in total. The van der Waals surface area contributed by atoms with Gasteiger partial charge in [-0.05, 0) is 32.2 Å². The van der Waals surface area contributed by atoms with E-state index in [0.29, 0.717) is 6.61 Å². The van der Waals surface area contributed by atoms with Crippen molar-refractivity contribution in [3.63, 3.8) is 0 Å². The molecule has 1 aliphatic carbocycles. The van der Waals surface area contributed by atoms with E-state index in [1.54, 1.807) is 0 Å². The van der Waals surface area contributed by atoms with Crippen LogP contribution in [0.3, 0.4) is 0 Å². The number of nitrogens with two attached hydrogens (primary N) is 1. The third-order valence-electron chi connectivity index (χ3n) is 3.11. The molecular formula is C11H24N2O. The molecule has 1 fully saturated rings. The fourth-order valence-corrected chi connectivity index (χ4v) is 2.34. The number of hydrogen-bond acceptors (Lipinski definition) is 3. The molecule has 14 heavy (non-hydrogen) atoms. The monoisotopic (exact) mass is 200 g/mol. The maximum Gasteiger partial charge on any atom is 0.0431 e. The number of rotatable bonds is 7. The third kappa shape index (κ3) is 3.95. The van der Waals surface area contributed by atoms with Crippen molar-refractivity contribution in [3.05, 3.63) is 0 Å². The first-order valence-corrected chi connectivity index (χ1v) is 5.93. The van der Waals surface area contributed by atoms with Crippen molar-refractivity contribution in [2.45, 2.75) is 44.6 Å². The summed E-state index contributed by atoms with van der Waals surface area (Å²) in [5.74, 6) is 0. The number of unbranched alkanes of at least 4 members (excludes halogenated alkanes) is 1. The molecule has 0 bridgehead atoms. The molecule has 0 unspecified atom stereocenters. The molecule has 0 aromatic rings. The highest BCUT2D eigenvalue weighted by Gasteiger charge is 2.21. The van der Waals surface area contributed by atoms with Crippen molar-refractivity contribution in [2.24, 2.45) is 5.73 Å². The largest absolute Gasteiger partial charge is 0.396 e. The standard InChI is InChI=1S/C11H24N2O/c12-7-9-13(8-3-4-10-14)11-5-1-2-6-11/h11,14H,1-10,12H2. The predicted molar refractivity (Wildman–Crippen MR) is 59.2 cm³/mol. The molecule has 0 saturated heterocycles.